The van der Waals surface area contributed by atoms with E-state index in [4.69, 9.17) is 0 Å². The van der Waals surface area contributed by atoms with E-state index < -0.39 is 11.4 Å². The molecule has 3 rings (SSSR count). The second kappa shape index (κ2) is 4.59. The number of hydrogen-bond acceptors (Lipinski definition) is 4. The molecule has 2 aromatic heterocycles. The van der Waals surface area contributed by atoms with Crippen molar-refractivity contribution in [2.24, 2.45) is 5.41 Å². The Morgan fingerprint density at radius 3 is 3.00 bits per heavy atom. The molecular weight excluding hydrogens is 278 g/mol. The first-order valence-electron chi connectivity index (χ1n) is 6.40. The molecule has 0 radical (unpaired) electrons. The predicted molar refractivity (Wildman–Crippen MR) is 73.7 cm³/mol. The molecule has 1 aliphatic rings. The number of carbonyl (C=O) groups excluding carboxylic acids is 1. The first kappa shape index (κ1) is 13.1. The molecule has 0 bridgehead atoms. The molecular formula is C13H15N3O3S. The number of nitrogens with zero attached hydrogens (tertiary/aromatic N) is 3. The van der Waals surface area contributed by atoms with E-state index in [9.17, 15) is 14.7 Å². The minimum atomic E-state index is -0.838. The fourth-order valence-electron chi connectivity index (χ4n) is 2.48. The molecule has 1 amide bonds. The van der Waals surface area contributed by atoms with Crippen LogP contribution in [0.15, 0.2) is 17.8 Å². The molecule has 2 aromatic rings. The van der Waals surface area contributed by atoms with Gasteiger partial charge in [0.2, 0.25) is 5.91 Å². The van der Waals surface area contributed by atoms with Crippen molar-refractivity contribution in [2.75, 3.05) is 13.1 Å². The summed E-state index contributed by atoms with van der Waals surface area (Å²) >= 11 is 1.52. The van der Waals surface area contributed by atoms with E-state index in [0.29, 0.717) is 13.0 Å². The van der Waals surface area contributed by atoms with Crippen LogP contribution in [-0.4, -0.2) is 44.4 Å². The topological polar surface area (TPSA) is 74.9 Å². The van der Waals surface area contributed by atoms with Gasteiger partial charge in [-0.3, -0.25) is 14.0 Å². The van der Waals surface area contributed by atoms with E-state index in [-0.39, 0.29) is 18.9 Å². The van der Waals surface area contributed by atoms with Crippen molar-refractivity contribution >= 4 is 28.2 Å². The van der Waals surface area contributed by atoms with Crippen LogP contribution in [-0.2, 0) is 16.0 Å². The van der Waals surface area contributed by atoms with Crippen LogP contribution in [0, 0.1) is 5.41 Å². The summed E-state index contributed by atoms with van der Waals surface area (Å²) in [6.07, 6.45) is 4.48. The maximum atomic E-state index is 12.2. The van der Waals surface area contributed by atoms with Crippen LogP contribution < -0.4 is 0 Å². The zero-order valence-corrected chi connectivity index (χ0v) is 11.9. The van der Waals surface area contributed by atoms with Gasteiger partial charge in [0.05, 0.1) is 17.5 Å². The second-order valence-electron chi connectivity index (χ2n) is 5.43. The number of fused-ring (bicyclic) bond motifs is 1. The van der Waals surface area contributed by atoms with Gasteiger partial charge in [-0.25, -0.2) is 4.98 Å². The van der Waals surface area contributed by atoms with E-state index >= 15 is 0 Å². The quantitative estimate of drug-likeness (QED) is 0.924. The molecule has 1 fully saturated rings. The lowest BCUT2D eigenvalue weighted by atomic mass is 9.90. The van der Waals surface area contributed by atoms with Crippen LogP contribution in [0.3, 0.4) is 0 Å². The standard InChI is InChI=1S/C13H15N3O3S/c1-13(11(18)19)2-3-16(8-13)10(17)6-9-7-15-4-5-20-12(15)14-9/h4-5,7H,2-3,6,8H2,1H3,(H,18,19). The first-order valence-corrected chi connectivity index (χ1v) is 7.28. The molecule has 1 N–H and O–H groups in total. The smallest absolute Gasteiger partial charge is 0.311 e. The highest BCUT2D eigenvalue weighted by molar-refractivity contribution is 7.15. The van der Waals surface area contributed by atoms with Crippen LogP contribution in [0.4, 0.5) is 0 Å². The van der Waals surface area contributed by atoms with Crippen molar-refractivity contribution in [2.45, 2.75) is 19.8 Å². The molecule has 1 unspecified atom stereocenters. The number of rotatable bonds is 3. The number of hydrogen-bond donors (Lipinski definition) is 1. The highest BCUT2D eigenvalue weighted by Gasteiger charge is 2.42. The molecule has 20 heavy (non-hydrogen) atoms. The van der Waals surface area contributed by atoms with Crippen LogP contribution in [0.2, 0.25) is 0 Å². The van der Waals surface area contributed by atoms with E-state index in [0.717, 1.165) is 10.7 Å². The molecule has 106 valence electrons. The molecule has 0 aliphatic carbocycles. The number of carboxylic acids is 1. The molecule has 1 saturated heterocycles. The fraction of sp³-hybridized carbons (Fsp3) is 0.462. The zero-order chi connectivity index (χ0) is 14.3. The normalized spacial score (nSPS) is 22.6. The Morgan fingerprint density at radius 2 is 2.35 bits per heavy atom. The molecule has 1 atom stereocenters. The summed E-state index contributed by atoms with van der Waals surface area (Å²) in [5.74, 6) is -0.893. The Hall–Kier alpha value is -1.89. The number of aliphatic carboxylic acids is 1. The van der Waals surface area contributed by atoms with Crippen LogP contribution in [0.5, 0.6) is 0 Å². The Bertz CT molecular complexity index is 649. The van der Waals surface area contributed by atoms with Crippen molar-refractivity contribution in [3.63, 3.8) is 0 Å². The van der Waals surface area contributed by atoms with Crippen LogP contribution in [0.1, 0.15) is 19.0 Å². The van der Waals surface area contributed by atoms with E-state index in [2.05, 4.69) is 4.98 Å². The third-order valence-corrected chi connectivity index (χ3v) is 4.59. The monoisotopic (exact) mass is 293 g/mol. The maximum absolute atomic E-state index is 12.2. The van der Waals surface area contributed by atoms with Crippen LogP contribution >= 0.6 is 11.3 Å². The number of carboxylic acid groups (broad SMARTS) is 1. The van der Waals surface area contributed by atoms with Gasteiger partial charge in [0, 0.05) is 30.9 Å². The van der Waals surface area contributed by atoms with Gasteiger partial charge in [0.1, 0.15) is 0 Å². The molecule has 0 spiro atoms. The lowest BCUT2D eigenvalue weighted by molar-refractivity contribution is -0.147. The Labute approximate surface area is 119 Å². The summed E-state index contributed by atoms with van der Waals surface area (Å²) in [6.45, 7) is 2.47. The third-order valence-electron chi connectivity index (χ3n) is 3.82. The number of carbonyl (C=O) groups is 2. The minimum Gasteiger partial charge on any atom is -0.481 e. The number of imidazole rings is 1. The highest BCUT2D eigenvalue weighted by atomic mass is 32.1. The van der Waals surface area contributed by atoms with Crippen molar-refractivity contribution in [1.82, 2.24) is 14.3 Å². The largest absolute Gasteiger partial charge is 0.481 e. The number of likely N-dealkylation sites (tertiary alicyclic amines) is 1. The van der Waals surface area contributed by atoms with Gasteiger partial charge in [0.15, 0.2) is 4.96 Å². The zero-order valence-electron chi connectivity index (χ0n) is 11.1. The number of aromatic nitrogens is 2. The average molecular weight is 293 g/mol. The summed E-state index contributed by atoms with van der Waals surface area (Å²) in [5, 5.41) is 11.1. The van der Waals surface area contributed by atoms with Crippen LogP contribution in [0.25, 0.3) is 4.96 Å². The fourth-order valence-corrected chi connectivity index (χ4v) is 3.20. The average Bonchev–Trinajstić information content (AvgIpc) is 3.03. The number of amides is 1. The summed E-state index contributed by atoms with van der Waals surface area (Å²) in [4.78, 5) is 30.3. The van der Waals surface area contributed by atoms with Gasteiger partial charge in [-0.15, -0.1) is 11.3 Å². The van der Waals surface area contributed by atoms with Gasteiger partial charge in [-0.05, 0) is 13.3 Å². The highest BCUT2D eigenvalue weighted by Crippen LogP contribution is 2.30. The Morgan fingerprint density at radius 1 is 1.55 bits per heavy atom. The SMILES string of the molecule is CC1(C(=O)O)CCN(C(=O)Cc2cn3ccsc3n2)C1. The van der Waals surface area contributed by atoms with Crippen molar-refractivity contribution in [1.29, 1.82) is 0 Å². The van der Waals surface area contributed by atoms with Crippen molar-refractivity contribution in [3.8, 4) is 0 Å². The summed E-state index contributed by atoms with van der Waals surface area (Å²) in [7, 11) is 0. The Kier molecular flexibility index (Phi) is 3.01. The van der Waals surface area contributed by atoms with Crippen molar-refractivity contribution < 1.29 is 14.7 Å². The summed E-state index contributed by atoms with van der Waals surface area (Å²) < 4.78 is 1.89. The molecule has 0 aromatic carbocycles. The lowest BCUT2D eigenvalue weighted by Gasteiger charge is -2.19. The van der Waals surface area contributed by atoms with E-state index in [1.54, 1.807) is 11.8 Å². The maximum Gasteiger partial charge on any atom is 0.311 e. The van der Waals surface area contributed by atoms with Crippen molar-refractivity contribution in [3.05, 3.63) is 23.5 Å². The molecule has 6 nitrogen and oxygen atoms in total. The van der Waals surface area contributed by atoms with Gasteiger partial charge in [-0.2, -0.15) is 0 Å². The van der Waals surface area contributed by atoms with E-state index in [1.165, 1.54) is 11.3 Å². The lowest BCUT2D eigenvalue weighted by Crippen LogP contribution is -2.35. The molecule has 7 heteroatoms. The van der Waals surface area contributed by atoms with Gasteiger partial charge in [0.25, 0.3) is 0 Å². The minimum absolute atomic E-state index is 0.0549. The second-order valence-corrected chi connectivity index (χ2v) is 6.31. The summed E-state index contributed by atoms with van der Waals surface area (Å²) in [6, 6.07) is 0. The summed E-state index contributed by atoms with van der Waals surface area (Å²) in [5.41, 5.74) is -0.0877. The molecule has 3 heterocycles. The molecule has 1 aliphatic heterocycles. The number of thiazole rings is 1. The van der Waals surface area contributed by atoms with Gasteiger partial charge >= 0.3 is 5.97 Å². The molecule has 0 saturated carbocycles. The Balaban J connectivity index is 1.68. The predicted octanol–water partition coefficient (Wildman–Crippen LogP) is 1.26. The van der Waals surface area contributed by atoms with E-state index in [1.807, 2.05) is 22.2 Å². The first-order chi connectivity index (χ1) is 9.48. The van der Waals surface area contributed by atoms with Gasteiger partial charge < -0.3 is 10.0 Å². The van der Waals surface area contributed by atoms with Gasteiger partial charge in [-0.1, -0.05) is 0 Å². The third kappa shape index (κ3) is 2.18.